The second-order valence-electron chi connectivity index (χ2n) is 7.26. The van der Waals surface area contributed by atoms with Crippen molar-refractivity contribution in [1.82, 2.24) is 4.90 Å². The van der Waals surface area contributed by atoms with E-state index in [2.05, 4.69) is 17.9 Å². The van der Waals surface area contributed by atoms with E-state index in [4.69, 9.17) is 27.9 Å². The fourth-order valence-electron chi connectivity index (χ4n) is 4.43. The first kappa shape index (κ1) is 15.8. The van der Waals surface area contributed by atoms with E-state index in [0.29, 0.717) is 10.0 Å². The van der Waals surface area contributed by atoms with Crippen LogP contribution in [0.25, 0.3) is 6.08 Å². The van der Waals surface area contributed by atoms with Crippen molar-refractivity contribution in [3.63, 3.8) is 0 Å². The molecular weight excluding hydrogens is 329 g/mol. The van der Waals surface area contributed by atoms with Crippen LogP contribution in [-0.4, -0.2) is 23.7 Å². The number of hydrogen-bond acceptors (Lipinski definition) is 2. The fourth-order valence-corrected chi connectivity index (χ4v) is 4.98. The summed E-state index contributed by atoms with van der Waals surface area (Å²) in [5, 5.41) is 1.29. The van der Waals surface area contributed by atoms with E-state index in [1.54, 1.807) is 6.07 Å². The highest BCUT2D eigenvalue weighted by molar-refractivity contribution is 6.36. The molecule has 2 unspecified atom stereocenters. The van der Waals surface area contributed by atoms with Crippen LogP contribution in [0.4, 0.5) is 0 Å². The van der Waals surface area contributed by atoms with E-state index in [1.807, 2.05) is 6.07 Å². The van der Waals surface area contributed by atoms with Crippen LogP contribution in [-0.2, 0) is 0 Å². The quantitative estimate of drug-likeness (QED) is 0.636. The summed E-state index contributed by atoms with van der Waals surface area (Å²) in [5.74, 6) is 1.53. The summed E-state index contributed by atoms with van der Waals surface area (Å²) in [4.78, 5) is 2.57. The van der Waals surface area contributed by atoms with E-state index < -0.39 is 0 Å². The average molecular weight is 352 g/mol. The molecule has 0 aromatic heterocycles. The van der Waals surface area contributed by atoms with Gasteiger partial charge < -0.3 is 4.74 Å². The van der Waals surface area contributed by atoms with E-state index in [0.717, 1.165) is 43.2 Å². The Morgan fingerprint density at radius 1 is 1.22 bits per heavy atom. The third-order valence-corrected chi connectivity index (χ3v) is 6.02. The highest BCUT2D eigenvalue weighted by atomic mass is 35.5. The summed E-state index contributed by atoms with van der Waals surface area (Å²) in [6.45, 7) is 4.57. The highest BCUT2D eigenvalue weighted by Gasteiger charge is 2.47. The number of likely N-dealkylation sites (tertiary alicyclic amines) is 1. The average Bonchev–Trinajstić information content (AvgIpc) is 2.53. The largest absolute Gasteiger partial charge is 0.466 e. The second-order valence-corrected chi connectivity index (χ2v) is 8.11. The standard InChI is InChI=1S/C19H23Cl2NO/c1-13-5-4-8-22(12-13)19-7-3-2-6-15(19)9-14-10-16(20)11-17(21)18(14)23-19/h9-11,13H,2-8,12H2,1H3. The van der Waals surface area contributed by atoms with Gasteiger partial charge in [-0.15, -0.1) is 0 Å². The number of fused-ring (bicyclic) bond motifs is 2. The minimum absolute atomic E-state index is 0.280. The molecule has 2 fully saturated rings. The predicted molar refractivity (Wildman–Crippen MR) is 96.2 cm³/mol. The van der Waals surface area contributed by atoms with Gasteiger partial charge in [0, 0.05) is 30.1 Å². The Bertz CT molecular complexity index is 657. The van der Waals surface area contributed by atoms with Crippen LogP contribution in [0.5, 0.6) is 5.75 Å². The van der Waals surface area contributed by atoms with E-state index in [9.17, 15) is 0 Å². The van der Waals surface area contributed by atoms with E-state index in [-0.39, 0.29) is 5.72 Å². The predicted octanol–water partition coefficient (Wildman–Crippen LogP) is 5.77. The molecule has 0 bridgehead atoms. The maximum Gasteiger partial charge on any atom is 0.186 e. The van der Waals surface area contributed by atoms with Gasteiger partial charge in [0.25, 0.3) is 0 Å². The Labute approximate surface area is 148 Å². The van der Waals surface area contributed by atoms with Crippen molar-refractivity contribution in [2.24, 2.45) is 5.92 Å². The Balaban J connectivity index is 1.79. The Morgan fingerprint density at radius 3 is 2.91 bits per heavy atom. The van der Waals surface area contributed by atoms with Gasteiger partial charge in [-0.25, -0.2) is 0 Å². The van der Waals surface area contributed by atoms with Crippen LogP contribution in [0.2, 0.25) is 10.0 Å². The van der Waals surface area contributed by atoms with Gasteiger partial charge in [0.2, 0.25) is 0 Å². The lowest BCUT2D eigenvalue weighted by Gasteiger charge is -2.51. The third-order valence-electron chi connectivity index (χ3n) is 5.52. The second kappa shape index (κ2) is 5.98. The Morgan fingerprint density at radius 2 is 2.09 bits per heavy atom. The molecule has 0 N–H and O–H groups in total. The summed E-state index contributed by atoms with van der Waals surface area (Å²) < 4.78 is 6.66. The SMILES string of the molecule is CC1CCCN(C23CCCCC2=Cc2cc(Cl)cc(Cl)c2O3)C1. The van der Waals surface area contributed by atoms with Crippen LogP contribution in [0, 0.1) is 5.92 Å². The lowest BCUT2D eigenvalue weighted by atomic mass is 9.80. The Kier molecular flexibility index (Phi) is 4.11. The van der Waals surface area contributed by atoms with Crippen molar-refractivity contribution in [3.8, 4) is 5.75 Å². The molecule has 23 heavy (non-hydrogen) atoms. The molecule has 1 saturated heterocycles. The van der Waals surface area contributed by atoms with Crippen LogP contribution in [0.3, 0.4) is 0 Å². The van der Waals surface area contributed by atoms with Gasteiger partial charge in [-0.1, -0.05) is 30.1 Å². The number of halogens is 2. The summed E-state index contributed by atoms with van der Waals surface area (Å²) in [6, 6.07) is 3.75. The minimum Gasteiger partial charge on any atom is -0.466 e. The van der Waals surface area contributed by atoms with Crippen LogP contribution in [0.15, 0.2) is 17.7 Å². The number of ether oxygens (including phenoxy) is 1. The molecule has 2 atom stereocenters. The van der Waals surface area contributed by atoms with Gasteiger partial charge in [0.1, 0.15) is 5.75 Å². The summed E-state index contributed by atoms with van der Waals surface area (Å²) in [7, 11) is 0. The maximum absolute atomic E-state index is 6.66. The molecular formula is C19H23Cl2NO. The van der Waals surface area contributed by atoms with Crippen molar-refractivity contribution in [2.75, 3.05) is 13.1 Å². The fraction of sp³-hybridized carbons (Fsp3) is 0.579. The normalized spacial score (nSPS) is 30.9. The number of hydrogen-bond donors (Lipinski definition) is 0. The molecule has 4 heteroatoms. The van der Waals surface area contributed by atoms with E-state index >= 15 is 0 Å². The van der Waals surface area contributed by atoms with E-state index in [1.165, 1.54) is 31.3 Å². The lowest BCUT2D eigenvalue weighted by Crippen LogP contribution is -2.59. The van der Waals surface area contributed by atoms with Gasteiger partial charge in [-0.3, -0.25) is 4.90 Å². The van der Waals surface area contributed by atoms with Gasteiger partial charge >= 0.3 is 0 Å². The first-order chi connectivity index (χ1) is 11.1. The molecule has 0 radical (unpaired) electrons. The maximum atomic E-state index is 6.66. The van der Waals surface area contributed by atoms with Crippen molar-refractivity contribution in [3.05, 3.63) is 33.3 Å². The monoisotopic (exact) mass is 351 g/mol. The van der Waals surface area contributed by atoms with Crippen LogP contribution >= 0.6 is 23.2 Å². The van der Waals surface area contributed by atoms with Gasteiger partial charge in [0.05, 0.1) is 5.02 Å². The first-order valence-electron chi connectivity index (χ1n) is 8.73. The number of benzene rings is 1. The van der Waals surface area contributed by atoms with Crippen molar-refractivity contribution in [2.45, 2.75) is 51.2 Å². The third kappa shape index (κ3) is 2.69. The zero-order chi connectivity index (χ0) is 16.0. The molecule has 1 aromatic rings. The molecule has 124 valence electrons. The lowest BCUT2D eigenvalue weighted by molar-refractivity contribution is -0.0901. The molecule has 1 aliphatic carbocycles. The number of nitrogens with zero attached hydrogens (tertiary/aromatic N) is 1. The summed E-state index contributed by atoms with van der Waals surface area (Å²) in [6.07, 6.45) is 9.47. The molecule has 2 aliphatic heterocycles. The molecule has 4 rings (SSSR count). The molecule has 0 amide bonds. The molecule has 2 nitrogen and oxygen atoms in total. The number of rotatable bonds is 1. The zero-order valence-corrected chi connectivity index (χ0v) is 15.1. The van der Waals surface area contributed by atoms with Gasteiger partial charge in [0.15, 0.2) is 5.72 Å². The highest BCUT2D eigenvalue weighted by Crippen LogP contribution is 2.49. The molecule has 1 aromatic carbocycles. The summed E-state index contributed by atoms with van der Waals surface area (Å²) in [5.41, 5.74) is 2.15. The first-order valence-corrected chi connectivity index (χ1v) is 9.48. The molecule has 2 heterocycles. The molecule has 3 aliphatic rings. The van der Waals surface area contributed by atoms with Crippen molar-refractivity contribution in [1.29, 1.82) is 0 Å². The molecule has 0 spiro atoms. The number of piperidine rings is 1. The molecule has 1 saturated carbocycles. The van der Waals surface area contributed by atoms with Crippen LogP contribution < -0.4 is 4.74 Å². The smallest absolute Gasteiger partial charge is 0.186 e. The summed E-state index contributed by atoms with van der Waals surface area (Å²) >= 11 is 12.6. The van der Waals surface area contributed by atoms with Gasteiger partial charge in [-0.05, 0) is 61.8 Å². The van der Waals surface area contributed by atoms with Gasteiger partial charge in [-0.2, -0.15) is 0 Å². The minimum atomic E-state index is -0.280. The van der Waals surface area contributed by atoms with Crippen molar-refractivity contribution >= 4 is 29.3 Å². The Hall–Kier alpha value is -0.700. The topological polar surface area (TPSA) is 12.5 Å². The zero-order valence-electron chi connectivity index (χ0n) is 13.6. The van der Waals surface area contributed by atoms with Crippen molar-refractivity contribution < 1.29 is 4.74 Å². The van der Waals surface area contributed by atoms with Crippen LogP contribution in [0.1, 0.15) is 51.0 Å².